The molecule has 2 rings (SSSR count). The fourth-order valence-electron chi connectivity index (χ4n) is 1.05. The molecule has 1 unspecified atom stereocenters. The van der Waals surface area contributed by atoms with Crippen molar-refractivity contribution in [3.63, 3.8) is 0 Å². The van der Waals surface area contributed by atoms with Gasteiger partial charge in [0.2, 0.25) is 0 Å². The second-order valence-electron chi connectivity index (χ2n) is 2.42. The second-order valence-corrected chi connectivity index (χ2v) is 3.51. The van der Waals surface area contributed by atoms with Gasteiger partial charge < -0.3 is 0 Å². The van der Waals surface area contributed by atoms with Gasteiger partial charge >= 0.3 is 0 Å². The van der Waals surface area contributed by atoms with Gasteiger partial charge in [-0.1, -0.05) is 11.6 Å². The van der Waals surface area contributed by atoms with Crippen molar-refractivity contribution in [3.05, 3.63) is 29.7 Å². The van der Waals surface area contributed by atoms with E-state index < -0.39 is 0 Å². The molecule has 0 bridgehead atoms. The summed E-state index contributed by atoms with van der Waals surface area (Å²) in [6, 6.07) is 6.40. The van der Waals surface area contributed by atoms with Crippen LogP contribution in [0, 0.1) is 6.92 Å². The molecule has 10 heavy (non-hydrogen) atoms. The molecule has 1 aromatic carbocycles. The van der Waals surface area contributed by atoms with E-state index in [2.05, 4.69) is 30.1 Å². The van der Waals surface area contributed by atoms with Crippen molar-refractivity contribution in [2.45, 2.75) is 6.92 Å². The van der Waals surface area contributed by atoms with Crippen LogP contribution in [-0.4, -0.2) is 4.98 Å². The first-order chi connectivity index (χ1) is 4.86. The highest BCUT2D eigenvalue weighted by Crippen LogP contribution is 2.22. The second kappa shape index (κ2) is 2.10. The number of rotatable bonds is 0. The van der Waals surface area contributed by atoms with Crippen LogP contribution in [0.4, 0.5) is 0 Å². The molecule has 0 radical (unpaired) electrons. The SMILES string of the molecule is Cc1ccc2nc[pH]c2c1. The zero-order valence-corrected chi connectivity index (χ0v) is 6.76. The van der Waals surface area contributed by atoms with E-state index in [-0.39, 0.29) is 0 Å². The highest BCUT2D eigenvalue weighted by atomic mass is 31.0. The van der Waals surface area contributed by atoms with E-state index in [1.54, 1.807) is 0 Å². The van der Waals surface area contributed by atoms with Crippen LogP contribution in [-0.2, 0) is 0 Å². The molecule has 0 fully saturated rings. The molecule has 0 amide bonds. The number of hydrogen-bond donors (Lipinski definition) is 0. The standard InChI is InChI=1S/C8H8NP/c1-6-2-3-7-8(4-6)10-5-9-7/h2-5,10H,1H3. The molecule has 2 heteroatoms. The van der Waals surface area contributed by atoms with E-state index in [4.69, 9.17) is 0 Å². The quantitative estimate of drug-likeness (QED) is 0.561. The van der Waals surface area contributed by atoms with Crippen LogP contribution < -0.4 is 0 Å². The first-order valence-electron chi connectivity index (χ1n) is 3.26. The lowest BCUT2D eigenvalue weighted by Crippen LogP contribution is -1.69. The maximum absolute atomic E-state index is 4.23. The minimum absolute atomic E-state index is 0.784. The zero-order valence-electron chi connectivity index (χ0n) is 5.76. The average molecular weight is 149 g/mol. The summed E-state index contributed by atoms with van der Waals surface area (Å²) in [6.45, 7) is 2.11. The third-order valence-corrected chi connectivity index (χ3v) is 2.55. The molecule has 1 aromatic heterocycles. The molecular formula is C8H8NP. The number of aromatic nitrogens is 1. The number of nitrogens with zero attached hydrogens (tertiary/aromatic N) is 1. The summed E-state index contributed by atoms with van der Waals surface area (Å²) in [5, 5.41) is 1.39. The lowest BCUT2D eigenvalue weighted by molar-refractivity contribution is 1.46. The van der Waals surface area contributed by atoms with E-state index in [0.29, 0.717) is 0 Å². The predicted molar refractivity (Wildman–Crippen MR) is 46.0 cm³/mol. The summed E-state index contributed by atoms with van der Waals surface area (Å²) in [6.07, 6.45) is 0. The Balaban J connectivity index is 2.86. The summed E-state index contributed by atoms with van der Waals surface area (Å²) in [7, 11) is 0.784. The Labute approximate surface area is 61.2 Å². The van der Waals surface area contributed by atoms with E-state index in [0.717, 1.165) is 13.7 Å². The number of fused-ring (bicyclic) bond motifs is 1. The summed E-state index contributed by atoms with van der Waals surface area (Å²) in [4.78, 5) is 4.23. The smallest absolute Gasteiger partial charge is 0.0743 e. The van der Waals surface area contributed by atoms with E-state index in [1.165, 1.54) is 10.7 Å². The van der Waals surface area contributed by atoms with Gasteiger partial charge in [0.1, 0.15) is 0 Å². The first kappa shape index (κ1) is 5.94. The molecule has 2 aromatic rings. The van der Waals surface area contributed by atoms with Crippen LogP contribution in [0.1, 0.15) is 5.56 Å². The third kappa shape index (κ3) is 0.833. The molecule has 50 valence electrons. The summed E-state index contributed by atoms with van der Waals surface area (Å²) >= 11 is 0. The zero-order chi connectivity index (χ0) is 6.97. The van der Waals surface area contributed by atoms with Gasteiger partial charge in [0.15, 0.2) is 0 Å². The Kier molecular flexibility index (Phi) is 1.25. The van der Waals surface area contributed by atoms with E-state index in [9.17, 15) is 0 Å². The summed E-state index contributed by atoms with van der Waals surface area (Å²) < 4.78 is 0. The summed E-state index contributed by atoms with van der Waals surface area (Å²) in [5.41, 5.74) is 2.49. The van der Waals surface area contributed by atoms with Crippen molar-refractivity contribution in [2.75, 3.05) is 0 Å². The van der Waals surface area contributed by atoms with E-state index >= 15 is 0 Å². The van der Waals surface area contributed by atoms with Gasteiger partial charge in [-0.05, 0) is 19.1 Å². The maximum Gasteiger partial charge on any atom is 0.0743 e. The Hall–Kier alpha value is -0.810. The summed E-state index contributed by atoms with van der Waals surface area (Å²) in [5.74, 6) is 1.99. The molecular weight excluding hydrogens is 141 g/mol. The monoisotopic (exact) mass is 149 g/mol. The number of hydrogen-bond acceptors (Lipinski definition) is 1. The van der Waals surface area contributed by atoms with Gasteiger partial charge in [0.25, 0.3) is 0 Å². The fraction of sp³-hybridized carbons (Fsp3) is 0.125. The third-order valence-electron chi connectivity index (χ3n) is 1.58. The highest BCUT2D eigenvalue weighted by Gasteiger charge is 1.92. The van der Waals surface area contributed by atoms with Crippen molar-refractivity contribution in [2.24, 2.45) is 0 Å². The van der Waals surface area contributed by atoms with Gasteiger partial charge in [-0.3, -0.25) is 4.98 Å². The molecule has 0 aliphatic heterocycles. The molecule has 0 aliphatic carbocycles. The Bertz CT molecular complexity index is 351. The van der Waals surface area contributed by atoms with Gasteiger partial charge in [-0.25, -0.2) is 0 Å². The van der Waals surface area contributed by atoms with Crippen LogP contribution >= 0.6 is 8.19 Å². The number of benzene rings is 1. The van der Waals surface area contributed by atoms with Gasteiger partial charge in [0, 0.05) is 11.0 Å². The Morgan fingerprint density at radius 3 is 3.20 bits per heavy atom. The van der Waals surface area contributed by atoms with Gasteiger partial charge in [0.05, 0.1) is 5.52 Å². The normalized spacial score (nSPS) is 11.3. The van der Waals surface area contributed by atoms with E-state index in [1.807, 2.05) is 5.93 Å². The Morgan fingerprint density at radius 2 is 2.30 bits per heavy atom. The van der Waals surface area contributed by atoms with Crippen LogP contribution in [0.15, 0.2) is 24.1 Å². The first-order valence-corrected chi connectivity index (χ1v) is 4.34. The number of aryl methyl sites for hydroxylation is 1. The molecule has 1 nitrogen and oxygen atoms in total. The average Bonchev–Trinajstić information content (AvgIpc) is 2.33. The lowest BCUT2D eigenvalue weighted by atomic mass is 10.2. The van der Waals surface area contributed by atoms with Crippen LogP contribution in [0.3, 0.4) is 0 Å². The maximum atomic E-state index is 4.23. The topological polar surface area (TPSA) is 12.9 Å². The molecule has 0 aliphatic rings. The molecule has 0 saturated carbocycles. The minimum Gasteiger partial charge on any atom is -0.252 e. The van der Waals surface area contributed by atoms with Crippen LogP contribution in [0.2, 0.25) is 0 Å². The molecule has 1 atom stereocenters. The fourth-order valence-corrected chi connectivity index (χ4v) is 2.00. The van der Waals surface area contributed by atoms with Gasteiger partial charge in [-0.2, -0.15) is 0 Å². The Morgan fingerprint density at radius 1 is 1.40 bits per heavy atom. The van der Waals surface area contributed by atoms with Crippen molar-refractivity contribution in [1.29, 1.82) is 0 Å². The van der Waals surface area contributed by atoms with Crippen molar-refractivity contribution in [3.8, 4) is 0 Å². The van der Waals surface area contributed by atoms with Crippen LogP contribution in [0.25, 0.3) is 10.6 Å². The minimum atomic E-state index is 0.784. The van der Waals surface area contributed by atoms with Gasteiger partial charge in [-0.15, -0.1) is 8.19 Å². The lowest BCUT2D eigenvalue weighted by Gasteiger charge is -1.89. The molecule has 1 heterocycles. The predicted octanol–water partition coefficient (Wildman–Crippen LogP) is 2.57. The largest absolute Gasteiger partial charge is 0.252 e. The van der Waals surface area contributed by atoms with Crippen LogP contribution in [0.5, 0.6) is 0 Å². The molecule has 0 saturated heterocycles. The molecule has 0 N–H and O–H groups in total. The van der Waals surface area contributed by atoms with Crippen molar-refractivity contribution >= 4 is 18.8 Å². The highest BCUT2D eigenvalue weighted by molar-refractivity contribution is 7.36. The van der Waals surface area contributed by atoms with Crippen molar-refractivity contribution in [1.82, 2.24) is 4.98 Å². The van der Waals surface area contributed by atoms with Crippen molar-refractivity contribution < 1.29 is 0 Å². The molecule has 0 spiro atoms.